The zero-order chi connectivity index (χ0) is 54.6. The topological polar surface area (TPSA) is 226 Å². The molecular formula is C56H75N7O11S2. The molecule has 18 nitrogen and oxygen atoms in total. The van der Waals surface area contributed by atoms with Crippen molar-refractivity contribution in [1.29, 1.82) is 0 Å². The molecule has 1 fully saturated rings. The quantitative estimate of drug-likeness (QED) is 0.0405. The van der Waals surface area contributed by atoms with Gasteiger partial charge in [-0.05, 0) is 113 Å². The molecule has 5 atom stereocenters. The number of ether oxygens (including phenoxy) is 5. The number of hydrogen-bond acceptors (Lipinski definition) is 16. The summed E-state index contributed by atoms with van der Waals surface area (Å²) in [6.45, 7) is 14.3. The first-order valence-corrected chi connectivity index (χ1v) is 28.5. The Morgan fingerprint density at radius 3 is 2.24 bits per heavy atom. The molecule has 3 amide bonds. The molecule has 5 aromatic rings. The minimum absolute atomic E-state index is 0.0658. The Labute approximate surface area is 450 Å². The van der Waals surface area contributed by atoms with Crippen molar-refractivity contribution in [2.45, 2.75) is 114 Å². The minimum Gasteiger partial charge on any atom is -0.490 e. The fourth-order valence-electron chi connectivity index (χ4n) is 9.39. The summed E-state index contributed by atoms with van der Waals surface area (Å²) in [7, 11) is -2.16. The van der Waals surface area contributed by atoms with E-state index in [4.69, 9.17) is 23.7 Å². The molecule has 412 valence electrons. The molecule has 0 radical (unpaired) electrons. The smallest absolute Gasteiger partial charge is 0.246 e. The van der Waals surface area contributed by atoms with Crippen LogP contribution in [0, 0.1) is 11.3 Å². The number of aryl methyl sites for hydroxylation is 1. The standard InChI is InChI=1S/C56H75N7O11S2/c1-36(57-8)52(65)62-51(55(2,3)4)54(67)63-33-37(29-47(63)53(66)61-43-15-11-13-38-12-9-10-14-41(38)43)28-40(64)34-73-25-24-71-21-20-70-22-23-72-26-27-74-48-32-45-42(31-50(48)76(68,69)56(5,6)7)44(18-19-58-45)60-39-16-17-49-46(30-39)59-35-75-49/h9-10,12,14,16-19,30-32,35-37,43,47,51,57H,11,13,15,20-29,33-34H2,1-8H3,(H,58,60)(H,61,66)(H,62,65)/t36-,37-,43+,47-,51+/m0/s1. The molecule has 2 aromatic heterocycles. The van der Waals surface area contributed by atoms with Gasteiger partial charge in [-0.25, -0.2) is 13.4 Å². The van der Waals surface area contributed by atoms with Crippen LogP contribution in [0.25, 0.3) is 21.1 Å². The third-order valence-electron chi connectivity index (χ3n) is 13.8. The summed E-state index contributed by atoms with van der Waals surface area (Å²) in [4.78, 5) is 65.4. The highest BCUT2D eigenvalue weighted by molar-refractivity contribution is 7.92. The van der Waals surface area contributed by atoms with Crippen molar-refractivity contribution >= 4 is 77.2 Å². The summed E-state index contributed by atoms with van der Waals surface area (Å²) in [5.74, 6) is -1.18. The van der Waals surface area contributed by atoms with Crippen molar-refractivity contribution in [1.82, 2.24) is 30.8 Å². The fraction of sp³-hybridized carbons (Fsp3) is 0.536. The number of hydrogen-bond donors (Lipinski definition) is 4. The highest BCUT2D eigenvalue weighted by Crippen LogP contribution is 2.39. The van der Waals surface area contributed by atoms with Gasteiger partial charge in [-0.2, -0.15) is 0 Å². The summed E-state index contributed by atoms with van der Waals surface area (Å²) in [5, 5.41) is 13.1. The van der Waals surface area contributed by atoms with E-state index in [1.165, 1.54) is 5.56 Å². The summed E-state index contributed by atoms with van der Waals surface area (Å²) in [6, 6.07) is 16.6. The highest BCUT2D eigenvalue weighted by Gasteiger charge is 2.46. The number of fused-ring (bicyclic) bond motifs is 3. The van der Waals surface area contributed by atoms with E-state index in [9.17, 15) is 27.6 Å². The van der Waals surface area contributed by atoms with Crippen LogP contribution < -0.4 is 26.0 Å². The Balaban J connectivity index is 0.815. The van der Waals surface area contributed by atoms with E-state index in [0.717, 1.165) is 40.7 Å². The maximum absolute atomic E-state index is 14.4. The van der Waals surface area contributed by atoms with Gasteiger partial charge in [0, 0.05) is 42.0 Å². The highest BCUT2D eigenvalue weighted by atomic mass is 32.2. The number of rotatable bonds is 26. The molecule has 0 saturated carbocycles. The number of carbonyl (C=O) groups is 4. The number of nitrogens with one attached hydrogen (secondary N) is 4. The fourth-order valence-corrected chi connectivity index (χ4v) is 11.4. The van der Waals surface area contributed by atoms with Gasteiger partial charge >= 0.3 is 0 Å². The Kier molecular flexibility index (Phi) is 20.0. The monoisotopic (exact) mass is 1090 g/mol. The van der Waals surface area contributed by atoms with E-state index in [-0.39, 0.29) is 98.7 Å². The first kappa shape index (κ1) is 58.1. The third kappa shape index (κ3) is 14.9. The number of pyridine rings is 1. The number of Topliss-reactive ketones (excluding diaryl/α,β-unsaturated/α-hetero) is 1. The van der Waals surface area contributed by atoms with Crippen LogP contribution in [0.5, 0.6) is 5.75 Å². The van der Waals surface area contributed by atoms with Crippen molar-refractivity contribution in [2.75, 3.05) is 78.4 Å². The lowest BCUT2D eigenvalue weighted by Crippen LogP contribution is -2.59. The second-order valence-electron chi connectivity index (χ2n) is 21.5. The van der Waals surface area contributed by atoms with Crippen LogP contribution >= 0.6 is 11.3 Å². The lowest BCUT2D eigenvalue weighted by atomic mass is 9.85. The lowest BCUT2D eigenvalue weighted by Gasteiger charge is -2.36. The van der Waals surface area contributed by atoms with Gasteiger partial charge < -0.3 is 49.9 Å². The van der Waals surface area contributed by atoms with Crippen LogP contribution in [-0.2, 0) is 54.4 Å². The van der Waals surface area contributed by atoms with E-state index in [1.54, 1.807) is 80.9 Å². The number of amides is 3. The predicted octanol–water partition coefficient (Wildman–Crippen LogP) is 7.11. The average Bonchev–Trinajstić information content (AvgIpc) is 4.06. The third-order valence-corrected chi connectivity index (χ3v) is 17.1. The molecule has 76 heavy (non-hydrogen) atoms. The van der Waals surface area contributed by atoms with Crippen LogP contribution in [-0.4, -0.2) is 143 Å². The number of nitrogens with zero attached hydrogens (tertiary/aromatic N) is 3. The second kappa shape index (κ2) is 26.2. The maximum Gasteiger partial charge on any atom is 0.246 e. The number of likely N-dealkylation sites (tertiary alicyclic amines) is 1. The Morgan fingerprint density at radius 1 is 0.842 bits per heavy atom. The number of thiazole rings is 1. The largest absolute Gasteiger partial charge is 0.490 e. The van der Waals surface area contributed by atoms with Crippen molar-refractivity contribution in [3.63, 3.8) is 0 Å². The van der Waals surface area contributed by atoms with Crippen molar-refractivity contribution in [2.24, 2.45) is 11.3 Å². The van der Waals surface area contributed by atoms with Gasteiger partial charge in [0.1, 0.15) is 35.9 Å². The van der Waals surface area contributed by atoms with Gasteiger partial charge in [0.05, 0.1) is 84.3 Å². The Hall–Kier alpha value is -5.61. The van der Waals surface area contributed by atoms with Crippen LogP contribution in [0.15, 0.2) is 77.3 Å². The van der Waals surface area contributed by atoms with Crippen molar-refractivity contribution < 1.29 is 51.3 Å². The SMILES string of the molecule is CN[C@@H](C)C(=O)N[C@H](C(=O)N1C[C@@H](CC(=O)COCCOCCOCCOCCOc2cc3nccc(Nc4ccc5scnc5c4)c3cc2S(=O)(=O)C(C)(C)C)C[C@H]1C(=O)N[C@@H]1CCCc2ccccc21)C(C)(C)C. The number of carbonyl (C=O) groups excluding carboxylic acids is 4. The molecule has 3 aromatic carbocycles. The van der Waals surface area contributed by atoms with Crippen molar-refractivity contribution in [3.05, 3.63) is 83.5 Å². The summed E-state index contributed by atoms with van der Waals surface area (Å²) in [5.41, 5.74) is 6.36. The number of benzene rings is 3. The van der Waals surface area contributed by atoms with Crippen LogP contribution in [0.1, 0.15) is 91.3 Å². The summed E-state index contributed by atoms with van der Waals surface area (Å²) >= 11 is 1.56. The van der Waals surface area contributed by atoms with Gasteiger partial charge in [0.15, 0.2) is 15.6 Å². The maximum atomic E-state index is 14.4. The number of sulfone groups is 1. The van der Waals surface area contributed by atoms with Crippen molar-refractivity contribution in [3.8, 4) is 5.75 Å². The normalized spacial score (nSPS) is 17.8. The molecule has 1 aliphatic heterocycles. The minimum atomic E-state index is -3.83. The zero-order valence-corrected chi connectivity index (χ0v) is 46.7. The van der Waals surface area contributed by atoms with Gasteiger partial charge in [-0.1, -0.05) is 45.0 Å². The molecular weight excluding hydrogens is 1010 g/mol. The van der Waals surface area contributed by atoms with E-state index in [2.05, 4.69) is 37.3 Å². The molecule has 1 saturated heterocycles. The number of aromatic nitrogens is 2. The molecule has 0 spiro atoms. The van der Waals surface area contributed by atoms with Gasteiger partial charge in [-0.15, -0.1) is 11.3 Å². The zero-order valence-electron chi connectivity index (χ0n) is 45.1. The van der Waals surface area contributed by atoms with E-state index < -0.39 is 38.1 Å². The second-order valence-corrected chi connectivity index (χ2v) is 25.1. The molecule has 3 heterocycles. The van der Waals surface area contributed by atoms with E-state index in [1.807, 2.05) is 57.2 Å². The van der Waals surface area contributed by atoms with E-state index in [0.29, 0.717) is 42.8 Å². The molecule has 7 rings (SSSR count). The lowest BCUT2D eigenvalue weighted by molar-refractivity contribution is -0.144. The molecule has 1 aliphatic carbocycles. The summed E-state index contributed by atoms with van der Waals surface area (Å²) < 4.78 is 56.5. The first-order chi connectivity index (χ1) is 36.2. The summed E-state index contributed by atoms with van der Waals surface area (Å²) in [6.07, 6.45) is 4.75. The predicted molar refractivity (Wildman–Crippen MR) is 294 cm³/mol. The van der Waals surface area contributed by atoms with E-state index >= 15 is 0 Å². The molecule has 20 heteroatoms. The molecule has 4 N–H and O–H groups in total. The van der Waals surface area contributed by atoms with Gasteiger partial charge in [0.25, 0.3) is 0 Å². The number of likely N-dealkylation sites (N-methyl/N-ethyl adjacent to an activating group) is 1. The Bertz CT molecular complexity index is 2920. The molecule has 0 unspecified atom stereocenters. The first-order valence-electron chi connectivity index (χ1n) is 26.1. The average molecular weight is 1090 g/mol. The van der Waals surface area contributed by atoms with Gasteiger partial charge in [-0.3, -0.25) is 24.2 Å². The van der Waals surface area contributed by atoms with Gasteiger partial charge in [0.2, 0.25) is 17.7 Å². The Morgan fingerprint density at radius 2 is 1.54 bits per heavy atom. The van der Waals surface area contributed by atoms with Crippen LogP contribution in [0.2, 0.25) is 0 Å². The number of ketones is 1. The van der Waals surface area contributed by atoms with Crippen LogP contribution in [0.4, 0.5) is 11.4 Å². The molecule has 2 aliphatic rings. The molecule has 0 bridgehead atoms. The van der Waals surface area contributed by atoms with Crippen LogP contribution in [0.3, 0.4) is 0 Å². The number of anilines is 2.